The molecule has 33 heavy (non-hydrogen) atoms. The highest BCUT2D eigenvalue weighted by Gasteiger charge is 2.27. The number of carbonyl (C=O) groups excluding carboxylic acids is 1. The zero-order valence-corrected chi connectivity index (χ0v) is 19.3. The zero-order valence-electron chi connectivity index (χ0n) is 18.5. The molecule has 174 valence electrons. The number of rotatable bonds is 7. The van der Waals surface area contributed by atoms with E-state index in [1.54, 1.807) is 24.0 Å². The van der Waals surface area contributed by atoms with Gasteiger partial charge in [0.1, 0.15) is 4.83 Å². The van der Waals surface area contributed by atoms with Crippen LogP contribution < -0.4 is 10.5 Å². The molecule has 1 aromatic carbocycles. The maximum atomic E-state index is 13.2. The van der Waals surface area contributed by atoms with Gasteiger partial charge in [-0.05, 0) is 31.5 Å². The quantitative estimate of drug-likeness (QED) is 0.296. The molecule has 3 aromatic rings. The molecule has 0 atom stereocenters. The van der Waals surface area contributed by atoms with Crippen LogP contribution in [0.4, 0.5) is 11.4 Å². The predicted octanol–water partition coefficient (Wildman–Crippen LogP) is 2.67. The number of ether oxygens (including phenoxy) is 1. The molecule has 10 nitrogen and oxygen atoms in total. The topological polar surface area (TPSA) is 111 Å². The molecule has 0 saturated carbocycles. The van der Waals surface area contributed by atoms with Gasteiger partial charge in [-0.1, -0.05) is 0 Å². The van der Waals surface area contributed by atoms with E-state index in [0.29, 0.717) is 66.6 Å². The van der Waals surface area contributed by atoms with E-state index in [-0.39, 0.29) is 17.2 Å². The third-order valence-electron chi connectivity index (χ3n) is 5.78. The van der Waals surface area contributed by atoms with Gasteiger partial charge in [0.05, 0.1) is 34.7 Å². The number of carbonyl (C=O) groups is 1. The Labute approximate surface area is 194 Å². The number of nitro groups is 1. The summed E-state index contributed by atoms with van der Waals surface area (Å²) in [4.78, 5) is 46.0. The second kappa shape index (κ2) is 9.67. The van der Waals surface area contributed by atoms with Gasteiger partial charge >= 0.3 is 0 Å². The number of hydrogen-bond acceptors (Lipinski definition) is 8. The minimum absolute atomic E-state index is 0.0540. The molecule has 0 spiro atoms. The monoisotopic (exact) mass is 471 g/mol. The van der Waals surface area contributed by atoms with Crippen molar-refractivity contribution in [2.24, 2.45) is 0 Å². The highest BCUT2D eigenvalue weighted by atomic mass is 32.1. The van der Waals surface area contributed by atoms with Crippen molar-refractivity contribution in [2.75, 3.05) is 44.3 Å². The third-order valence-corrected chi connectivity index (χ3v) is 6.97. The lowest BCUT2D eigenvalue weighted by Gasteiger charge is -2.36. The second-order valence-corrected chi connectivity index (χ2v) is 8.73. The van der Waals surface area contributed by atoms with Crippen molar-refractivity contribution in [2.45, 2.75) is 20.4 Å². The van der Waals surface area contributed by atoms with Crippen LogP contribution in [0.5, 0.6) is 0 Å². The van der Waals surface area contributed by atoms with Gasteiger partial charge in [0.2, 0.25) is 0 Å². The van der Waals surface area contributed by atoms with Gasteiger partial charge in [-0.25, -0.2) is 4.98 Å². The molecule has 11 heteroatoms. The van der Waals surface area contributed by atoms with Crippen molar-refractivity contribution in [3.05, 3.63) is 61.5 Å². The van der Waals surface area contributed by atoms with Gasteiger partial charge in [-0.2, -0.15) is 0 Å². The van der Waals surface area contributed by atoms with Crippen molar-refractivity contribution in [1.29, 1.82) is 0 Å². The summed E-state index contributed by atoms with van der Waals surface area (Å²) >= 11 is 1.25. The molecule has 1 aliphatic rings. The van der Waals surface area contributed by atoms with Crippen LogP contribution in [0.15, 0.2) is 35.4 Å². The predicted molar refractivity (Wildman–Crippen MR) is 126 cm³/mol. The van der Waals surface area contributed by atoms with Crippen molar-refractivity contribution in [3.63, 3.8) is 0 Å². The lowest BCUT2D eigenvalue weighted by molar-refractivity contribution is -0.384. The molecular weight excluding hydrogens is 446 g/mol. The summed E-state index contributed by atoms with van der Waals surface area (Å²) in [5, 5.41) is 11.3. The average Bonchev–Trinajstić information content (AvgIpc) is 3.17. The molecule has 2 aromatic heterocycles. The molecule has 0 bridgehead atoms. The molecule has 1 amide bonds. The van der Waals surface area contributed by atoms with Crippen molar-refractivity contribution >= 4 is 38.8 Å². The average molecular weight is 472 g/mol. The minimum atomic E-state index is -0.420. The number of aromatic nitrogens is 2. The number of anilines is 1. The number of piperazine rings is 1. The first-order valence-corrected chi connectivity index (χ1v) is 11.6. The van der Waals surface area contributed by atoms with Gasteiger partial charge in [0, 0.05) is 50.6 Å². The molecule has 0 unspecified atom stereocenters. The number of hydrogen-bond donors (Lipinski definition) is 0. The first-order chi connectivity index (χ1) is 15.9. The summed E-state index contributed by atoms with van der Waals surface area (Å²) < 4.78 is 6.86. The van der Waals surface area contributed by atoms with Gasteiger partial charge in [0.25, 0.3) is 17.2 Å². The van der Waals surface area contributed by atoms with E-state index in [1.807, 2.05) is 6.92 Å². The summed E-state index contributed by atoms with van der Waals surface area (Å²) in [5.41, 5.74) is 1.46. The van der Waals surface area contributed by atoms with Crippen molar-refractivity contribution < 1.29 is 14.5 Å². The normalized spacial score (nSPS) is 14.1. The Hall–Kier alpha value is -3.31. The maximum Gasteiger partial charge on any atom is 0.269 e. The Morgan fingerprint density at radius 1 is 1.21 bits per heavy atom. The van der Waals surface area contributed by atoms with Gasteiger partial charge in [0.15, 0.2) is 0 Å². The van der Waals surface area contributed by atoms with Crippen LogP contribution in [-0.4, -0.2) is 64.7 Å². The molecule has 0 radical (unpaired) electrons. The fourth-order valence-electron chi connectivity index (χ4n) is 3.93. The summed E-state index contributed by atoms with van der Waals surface area (Å²) in [5.74, 6) is -0.0980. The van der Waals surface area contributed by atoms with Crippen LogP contribution in [0.2, 0.25) is 0 Å². The first-order valence-electron chi connectivity index (χ1n) is 10.8. The highest BCUT2D eigenvalue weighted by Crippen LogP contribution is 2.29. The fraction of sp³-hybridized carbons (Fsp3) is 0.409. The number of aryl methyl sites for hydroxylation is 1. The standard InChI is InChI=1S/C22H25N5O5S/c1-3-32-13-12-26-14-23-20-18(21(26)28)15(2)19(33-20)22(29)25-10-8-24(9-11-25)16-4-6-17(7-5-16)27(30)31/h4-7,14H,3,8-13H2,1-2H3. The van der Waals surface area contributed by atoms with Crippen molar-refractivity contribution in [1.82, 2.24) is 14.5 Å². The van der Waals surface area contributed by atoms with Crippen molar-refractivity contribution in [3.8, 4) is 0 Å². The summed E-state index contributed by atoms with van der Waals surface area (Å²) in [7, 11) is 0. The number of fused-ring (bicyclic) bond motifs is 1. The Morgan fingerprint density at radius 2 is 1.91 bits per heavy atom. The van der Waals surface area contributed by atoms with E-state index >= 15 is 0 Å². The van der Waals surface area contributed by atoms with Crippen LogP contribution in [0.25, 0.3) is 10.2 Å². The third kappa shape index (κ3) is 4.60. The van der Waals surface area contributed by atoms with Gasteiger partial charge in [-0.3, -0.25) is 24.3 Å². The first kappa shape index (κ1) is 22.9. The molecular formula is C22H25N5O5S. The fourth-order valence-corrected chi connectivity index (χ4v) is 5.03. The minimum Gasteiger partial charge on any atom is -0.380 e. The number of nitro benzene ring substituents is 1. The molecule has 1 saturated heterocycles. The van der Waals surface area contributed by atoms with E-state index in [9.17, 15) is 19.7 Å². The van der Waals surface area contributed by atoms with E-state index < -0.39 is 4.92 Å². The maximum absolute atomic E-state index is 13.2. The van der Waals surface area contributed by atoms with E-state index in [4.69, 9.17) is 4.74 Å². The Balaban J connectivity index is 1.47. The largest absolute Gasteiger partial charge is 0.380 e. The second-order valence-electron chi connectivity index (χ2n) is 7.73. The van der Waals surface area contributed by atoms with E-state index in [1.165, 1.54) is 34.4 Å². The van der Waals surface area contributed by atoms with Crippen LogP contribution in [0.1, 0.15) is 22.2 Å². The highest BCUT2D eigenvalue weighted by molar-refractivity contribution is 7.20. The summed E-state index contributed by atoms with van der Waals surface area (Å²) in [6.07, 6.45) is 1.51. The lowest BCUT2D eigenvalue weighted by Crippen LogP contribution is -2.48. The molecule has 0 N–H and O–H groups in total. The van der Waals surface area contributed by atoms with Gasteiger partial charge < -0.3 is 14.5 Å². The lowest BCUT2D eigenvalue weighted by atomic mass is 10.2. The summed E-state index contributed by atoms with van der Waals surface area (Å²) in [6, 6.07) is 6.44. The molecule has 4 rings (SSSR count). The van der Waals surface area contributed by atoms with Crippen LogP contribution in [0, 0.1) is 17.0 Å². The van der Waals surface area contributed by atoms with Gasteiger partial charge in [-0.15, -0.1) is 11.3 Å². The van der Waals surface area contributed by atoms with Crippen LogP contribution in [0.3, 0.4) is 0 Å². The number of benzene rings is 1. The Kier molecular flexibility index (Phi) is 6.70. The number of amides is 1. The molecule has 3 heterocycles. The summed E-state index contributed by atoms with van der Waals surface area (Å²) in [6.45, 7) is 7.41. The number of thiophene rings is 1. The smallest absolute Gasteiger partial charge is 0.269 e. The van der Waals surface area contributed by atoms with Crippen LogP contribution >= 0.6 is 11.3 Å². The zero-order chi connectivity index (χ0) is 23.5. The Bertz CT molecular complexity index is 1230. The number of nitrogens with zero attached hydrogens (tertiary/aromatic N) is 5. The molecule has 0 aliphatic carbocycles. The Morgan fingerprint density at radius 3 is 2.55 bits per heavy atom. The van der Waals surface area contributed by atoms with E-state index in [0.717, 1.165) is 5.69 Å². The number of non-ortho nitro benzene ring substituents is 1. The SMILES string of the molecule is CCOCCn1cnc2sc(C(=O)N3CCN(c4ccc([N+](=O)[O-])cc4)CC3)c(C)c2c1=O. The molecule has 1 aliphatic heterocycles. The van der Waals surface area contributed by atoms with E-state index in [2.05, 4.69) is 9.88 Å². The van der Waals surface area contributed by atoms with Crippen LogP contribution in [-0.2, 0) is 11.3 Å². The molecule has 1 fully saturated rings.